The molecule has 0 radical (unpaired) electrons. The molecule has 0 aromatic carbocycles. The van der Waals surface area contributed by atoms with Crippen LogP contribution in [-0.4, -0.2) is 74.3 Å². The van der Waals surface area contributed by atoms with Crippen molar-refractivity contribution in [2.45, 2.75) is 13.0 Å². The minimum atomic E-state index is -0.444. The van der Waals surface area contributed by atoms with Gasteiger partial charge in [0.15, 0.2) is 0 Å². The van der Waals surface area contributed by atoms with Gasteiger partial charge < -0.3 is 25.2 Å². The average molecular weight is 232 g/mol. The Morgan fingerprint density at radius 3 is 2.69 bits per heavy atom. The summed E-state index contributed by atoms with van der Waals surface area (Å²) in [6.07, 6.45) is 0.209. The molecule has 0 aromatic rings. The summed E-state index contributed by atoms with van der Waals surface area (Å²) in [6, 6.07) is 0. The van der Waals surface area contributed by atoms with Gasteiger partial charge in [-0.05, 0) is 7.05 Å². The molecule has 0 bridgehead atoms. The van der Waals surface area contributed by atoms with Crippen molar-refractivity contribution in [3.63, 3.8) is 0 Å². The quantitative estimate of drug-likeness (QED) is 0.542. The van der Waals surface area contributed by atoms with E-state index in [4.69, 9.17) is 14.9 Å². The number of aliphatic hydroxyl groups is 2. The lowest BCUT2D eigenvalue weighted by Crippen LogP contribution is -2.47. The number of nitrogens with one attached hydrogen (secondary N) is 1. The molecule has 0 aromatic heterocycles. The Morgan fingerprint density at radius 2 is 2.12 bits per heavy atom. The zero-order valence-corrected chi connectivity index (χ0v) is 10.3. The first-order chi connectivity index (χ1) is 7.59. The number of likely N-dealkylation sites (N-methyl/N-ethyl adjacent to an activating group) is 1. The van der Waals surface area contributed by atoms with Crippen molar-refractivity contribution < 1.29 is 14.9 Å². The molecule has 1 heterocycles. The molecule has 0 saturated carbocycles. The maximum absolute atomic E-state index is 9.12. The monoisotopic (exact) mass is 232 g/mol. The Kier molecular flexibility index (Phi) is 5.64. The van der Waals surface area contributed by atoms with Crippen LogP contribution in [-0.2, 0) is 4.74 Å². The third-order valence-electron chi connectivity index (χ3n) is 3.03. The highest BCUT2D eigenvalue weighted by atomic mass is 16.5. The summed E-state index contributed by atoms with van der Waals surface area (Å²) < 4.78 is 5.60. The van der Waals surface area contributed by atoms with Crippen molar-refractivity contribution in [2.24, 2.45) is 5.41 Å². The highest BCUT2D eigenvalue weighted by molar-refractivity contribution is 4.77. The predicted octanol–water partition coefficient (Wildman–Crippen LogP) is -1.10. The average Bonchev–Trinajstić information content (AvgIpc) is 2.29. The first kappa shape index (κ1) is 13.9. The molecule has 1 aliphatic rings. The van der Waals surface area contributed by atoms with Crippen LogP contribution >= 0.6 is 0 Å². The van der Waals surface area contributed by atoms with Gasteiger partial charge in [0.1, 0.15) is 0 Å². The number of rotatable bonds is 6. The van der Waals surface area contributed by atoms with Gasteiger partial charge in [0.2, 0.25) is 0 Å². The van der Waals surface area contributed by atoms with Crippen molar-refractivity contribution in [1.29, 1.82) is 0 Å². The molecule has 16 heavy (non-hydrogen) atoms. The summed E-state index contributed by atoms with van der Waals surface area (Å²) in [5, 5.41) is 21.5. The molecule has 0 amide bonds. The number of morpholine rings is 1. The number of ether oxygens (including phenoxy) is 1. The van der Waals surface area contributed by atoms with Gasteiger partial charge in [0.25, 0.3) is 0 Å². The Labute approximate surface area is 97.4 Å². The Hall–Kier alpha value is -0.200. The number of hydrogen-bond acceptors (Lipinski definition) is 5. The Balaban J connectivity index is 2.19. The predicted molar refractivity (Wildman–Crippen MR) is 62.4 cm³/mol. The van der Waals surface area contributed by atoms with Gasteiger partial charge in [-0.15, -0.1) is 0 Å². The van der Waals surface area contributed by atoms with Crippen LogP contribution in [0.4, 0.5) is 0 Å². The van der Waals surface area contributed by atoms with E-state index in [-0.39, 0.29) is 19.3 Å². The summed E-state index contributed by atoms with van der Waals surface area (Å²) in [5.74, 6) is 0. The third kappa shape index (κ3) is 4.35. The largest absolute Gasteiger partial charge is 0.396 e. The maximum Gasteiger partial charge on any atom is 0.0826 e. The fraction of sp³-hybridized carbons (Fsp3) is 1.00. The van der Waals surface area contributed by atoms with Gasteiger partial charge >= 0.3 is 0 Å². The van der Waals surface area contributed by atoms with E-state index in [1.807, 2.05) is 6.92 Å². The van der Waals surface area contributed by atoms with Gasteiger partial charge in [-0.3, -0.25) is 0 Å². The topological polar surface area (TPSA) is 65.0 Å². The van der Waals surface area contributed by atoms with E-state index < -0.39 is 5.41 Å². The first-order valence-electron chi connectivity index (χ1n) is 5.82. The fourth-order valence-electron chi connectivity index (χ4n) is 1.69. The van der Waals surface area contributed by atoms with Crippen LogP contribution in [0.5, 0.6) is 0 Å². The van der Waals surface area contributed by atoms with Crippen molar-refractivity contribution in [1.82, 2.24) is 10.2 Å². The van der Waals surface area contributed by atoms with E-state index in [0.717, 1.165) is 26.2 Å². The van der Waals surface area contributed by atoms with Gasteiger partial charge in [-0.25, -0.2) is 0 Å². The van der Waals surface area contributed by atoms with Crippen molar-refractivity contribution in [3.05, 3.63) is 0 Å². The first-order valence-corrected chi connectivity index (χ1v) is 5.82. The zero-order chi connectivity index (χ0) is 12.0. The van der Waals surface area contributed by atoms with Crippen molar-refractivity contribution in [3.8, 4) is 0 Å². The summed E-state index contributed by atoms with van der Waals surface area (Å²) in [5.41, 5.74) is -0.444. The molecule has 1 fully saturated rings. The maximum atomic E-state index is 9.12. The molecular weight excluding hydrogens is 208 g/mol. The van der Waals surface area contributed by atoms with Crippen LogP contribution in [0.2, 0.25) is 0 Å². The molecular formula is C11H24N2O3. The molecule has 1 aliphatic heterocycles. The Morgan fingerprint density at radius 1 is 1.44 bits per heavy atom. The molecule has 1 saturated heterocycles. The second-order valence-corrected chi connectivity index (χ2v) is 5.01. The van der Waals surface area contributed by atoms with E-state index in [2.05, 4.69) is 17.3 Å². The molecule has 1 atom stereocenters. The van der Waals surface area contributed by atoms with Gasteiger partial charge in [-0.1, -0.05) is 6.92 Å². The highest BCUT2D eigenvalue weighted by Crippen LogP contribution is 2.12. The highest BCUT2D eigenvalue weighted by Gasteiger charge is 2.23. The lowest BCUT2D eigenvalue weighted by Gasteiger charge is -2.31. The standard InChI is InChI=1S/C11H24N2O3/c1-11(8-14,9-15)7-12-5-10-6-13(2)3-4-16-10/h10,12,14-15H,3-9H2,1-2H3. The van der Waals surface area contributed by atoms with Crippen molar-refractivity contribution >= 4 is 0 Å². The summed E-state index contributed by atoms with van der Waals surface area (Å²) in [7, 11) is 2.08. The third-order valence-corrected chi connectivity index (χ3v) is 3.03. The number of aliphatic hydroxyl groups excluding tert-OH is 2. The van der Waals surface area contributed by atoms with Crippen molar-refractivity contribution in [2.75, 3.05) is 53.0 Å². The molecule has 5 nitrogen and oxygen atoms in total. The minimum Gasteiger partial charge on any atom is -0.396 e. The van der Waals surface area contributed by atoms with Crippen LogP contribution in [0, 0.1) is 5.41 Å². The van der Waals surface area contributed by atoms with E-state index in [9.17, 15) is 0 Å². The summed E-state index contributed by atoms with van der Waals surface area (Å²) >= 11 is 0. The van der Waals surface area contributed by atoms with Crippen LogP contribution in [0.25, 0.3) is 0 Å². The van der Waals surface area contributed by atoms with Crippen LogP contribution in [0.15, 0.2) is 0 Å². The lowest BCUT2D eigenvalue weighted by atomic mass is 9.93. The molecule has 96 valence electrons. The van der Waals surface area contributed by atoms with Crippen LogP contribution < -0.4 is 5.32 Å². The summed E-state index contributed by atoms with van der Waals surface area (Å²) in [4.78, 5) is 2.24. The molecule has 0 aliphatic carbocycles. The smallest absolute Gasteiger partial charge is 0.0826 e. The van der Waals surface area contributed by atoms with Gasteiger partial charge in [-0.2, -0.15) is 0 Å². The molecule has 5 heteroatoms. The van der Waals surface area contributed by atoms with Crippen LogP contribution in [0.3, 0.4) is 0 Å². The summed E-state index contributed by atoms with van der Waals surface area (Å²) in [6.45, 7) is 5.89. The van der Waals surface area contributed by atoms with E-state index in [1.54, 1.807) is 0 Å². The second-order valence-electron chi connectivity index (χ2n) is 5.01. The van der Waals surface area contributed by atoms with E-state index in [1.165, 1.54) is 0 Å². The molecule has 1 unspecified atom stereocenters. The number of hydrogen-bond donors (Lipinski definition) is 3. The van der Waals surface area contributed by atoms with Crippen LogP contribution in [0.1, 0.15) is 6.92 Å². The lowest BCUT2D eigenvalue weighted by molar-refractivity contribution is -0.0208. The second kappa shape index (κ2) is 6.51. The molecule has 1 rings (SSSR count). The molecule has 3 N–H and O–H groups in total. The van der Waals surface area contributed by atoms with Gasteiger partial charge in [0, 0.05) is 31.6 Å². The van der Waals surface area contributed by atoms with Gasteiger partial charge in [0.05, 0.1) is 25.9 Å². The van der Waals surface area contributed by atoms with E-state index in [0.29, 0.717) is 6.54 Å². The fourth-order valence-corrected chi connectivity index (χ4v) is 1.69. The molecule has 0 spiro atoms. The minimum absolute atomic E-state index is 0.0120. The Bertz CT molecular complexity index is 198. The number of nitrogens with zero attached hydrogens (tertiary/aromatic N) is 1. The van der Waals surface area contributed by atoms with E-state index >= 15 is 0 Å². The zero-order valence-electron chi connectivity index (χ0n) is 10.3. The normalized spacial score (nSPS) is 23.6. The SMILES string of the molecule is CN1CCOC(CNCC(C)(CO)CO)C1.